The number of aromatic nitrogens is 1. The van der Waals surface area contributed by atoms with Crippen molar-refractivity contribution in [1.82, 2.24) is 9.88 Å². The second-order valence-electron chi connectivity index (χ2n) is 4.56. The summed E-state index contributed by atoms with van der Waals surface area (Å²) in [5, 5.41) is 0. The summed E-state index contributed by atoms with van der Waals surface area (Å²) in [6, 6.07) is 0.470. The van der Waals surface area contributed by atoms with Crippen LogP contribution in [0.3, 0.4) is 0 Å². The van der Waals surface area contributed by atoms with Crippen molar-refractivity contribution in [3.8, 4) is 0 Å². The van der Waals surface area contributed by atoms with Crippen LogP contribution in [-0.2, 0) is 16.0 Å². The van der Waals surface area contributed by atoms with Gasteiger partial charge >= 0.3 is 0 Å². The van der Waals surface area contributed by atoms with E-state index >= 15 is 0 Å². The molecule has 17 heavy (non-hydrogen) atoms. The number of carbonyl (C=O) groups is 1. The Balaban J connectivity index is 1.91. The number of morpholine rings is 1. The normalized spacial score (nSPS) is 21.9. The molecule has 0 aromatic carbocycles. The molecule has 1 saturated heterocycles. The van der Waals surface area contributed by atoms with E-state index in [4.69, 9.17) is 4.74 Å². The Morgan fingerprint density at radius 1 is 1.71 bits per heavy atom. The maximum atomic E-state index is 12.1. The van der Waals surface area contributed by atoms with Gasteiger partial charge in [0.2, 0.25) is 0 Å². The number of hydrogen-bond donors (Lipinski definition) is 0. The van der Waals surface area contributed by atoms with Crippen molar-refractivity contribution in [2.45, 2.75) is 32.4 Å². The number of Topliss-reactive ketones (excluding diaryl/α,β-unsaturated/α-hetero) is 1. The molecule has 0 amide bonds. The average molecular weight is 254 g/mol. The second-order valence-corrected chi connectivity index (χ2v) is 5.53. The molecule has 94 valence electrons. The molecule has 1 unspecified atom stereocenters. The van der Waals surface area contributed by atoms with Crippen molar-refractivity contribution in [2.24, 2.45) is 0 Å². The van der Waals surface area contributed by atoms with Crippen LogP contribution in [0.2, 0.25) is 0 Å². The van der Waals surface area contributed by atoms with Crippen molar-refractivity contribution in [1.29, 1.82) is 0 Å². The fourth-order valence-electron chi connectivity index (χ4n) is 1.95. The lowest BCUT2D eigenvalue weighted by Crippen LogP contribution is -2.49. The predicted molar refractivity (Wildman–Crippen MR) is 67.3 cm³/mol. The molecule has 2 heterocycles. The Hall–Kier alpha value is -0.780. The first kappa shape index (κ1) is 12.7. The van der Waals surface area contributed by atoms with Crippen LogP contribution in [-0.4, -0.2) is 47.5 Å². The van der Waals surface area contributed by atoms with E-state index in [1.54, 1.807) is 11.7 Å². The monoisotopic (exact) mass is 254 g/mol. The van der Waals surface area contributed by atoms with Gasteiger partial charge in [-0.25, -0.2) is 0 Å². The topological polar surface area (TPSA) is 42.4 Å². The van der Waals surface area contributed by atoms with Crippen LogP contribution < -0.4 is 0 Å². The van der Waals surface area contributed by atoms with Gasteiger partial charge in [0, 0.05) is 36.6 Å². The van der Waals surface area contributed by atoms with Gasteiger partial charge in [0.15, 0.2) is 5.78 Å². The summed E-state index contributed by atoms with van der Waals surface area (Å²) in [7, 11) is 0. The van der Waals surface area contributed by atoms with Crippen molar-refractivity contribution < 1.29 is 9.53 Å². The lowest BCUT2D eigenvalue weighted by atomic mass is 10.1. The molecular formula is C12H18N2O2S. The molecule has 1 aromatic heterocycles. The highest BCUT2D eigenvalue weighted by Gasteiger charge is 2.27. The summed E-state index contributed by atoms with van der Waals surface area (Å²) in [5.74, 6) is 0.166. The Morgan fingerprint density at radius 3 is 3.18 bits per heavy atom. The number of ether oxygens (including phenoxy) is 1. The van der Waals surface area contributed by atoms with E-state index in [2.05, 4.69) is 23.7 Å². The van der Waals surface area contributed by atoms with E-state index in [1.807, 2.05) is 0 Å². The third-order valence-electron chi connectivity index (χ3n) is 3.02. The van der Waals surface area contributed by atoms with Gasteiger partial charge < -0.3 is 4.74 Å². The van der Waals surface area contributed by atoms with Gasteiger partial charge in [-0.1, -0.05) is 0 Å². The minimum atomic E-state index is -0.270. The maximum Gasteiger partial charge on any atom is 0.168 e. The molecule has 0 aliphatic carbocycles. The van der Waals surface area contributed by atoms with Gasteiger partial charge in [0.05, 0.1) is 12.1 Å². The Labute approximate surface area is 106 Å². The zero-order valence-corrected chi connectivity index (χ0v) is 11.1. The molecule has 0 radical (unpaired) electrons. The second kappa shape index (κ2) is 5.71. The highest BCUT2D eigenvalue weighted by molar-refractivity contribution is 7.09. The average Bonchev–Trinajstić information content (AvgIpc) is 2.82. The molecule has 2 rings (SSSR count). The molecule has 1 atom stereocenters. The van der Waals surface area contributed by atoms with Crippen molar-refractivity contribution >= 4 is 17.1 Å². The summed E-state index contributed by atoms with van der Waals surface area (Å²) in [4.78, 5) is 19.3. The first-order valence-electron chi connectivity index (χ1n) is 5.92. The van der Waals surface area contributed by atoms with Crippen LogP contribution in [0.15, 0.2) is 11.7 Å². The van der Waals surface area contributed by atoms with E-state index in [1.165, 1.54) is 11.3 Å². The third kappa shape index (κ3) is 3.34. The summed E-state index contributed by atoms with van der Waals surface area (Å²) in [6.45, 7) is 6.58. The number of rotatable bonds is 4. The van der Waals surface area contributed by atoms with Gasteiger partial charge in [-0.05, 0) is 13.8 Å². The lowest BCUT2D eigenvalue weighted by Gasteiger charge is -2.34. The lowest BCUT2D eigenvalue weighted by molar-refractivity contribution is -0.136. The molecule has 0 bridgehead atoms. The summed E-state index contributed by atoms with van der Waals surface area (Å²) >= 11 is 1.52. The molecule has 1 fully saturated rings. The Morgan fingerprint density at radius 2 is 2.53 bits per heavy atom. The standard InChI is InChI=1S/C12H18N2O2S/c1-9(2)14-3-4-16-12(7-14)11(15)5-10-6-13-8-17-10/h6,8-9,12H,3-5,7H2,1-2H3. The van der Waals surface area contributed by atoms with Crippen molar-refractivity contribution in [2.75, 3.05) is 19.7 Å². The zero-order chi connectivity index (χ0) is 12.3. The van der Waals surface area contributed by atoms with E-state index in [-0.39, 0.29) is 11.9 Å². The SMILES string of the molecule is CC(C)N1CCOC(C(=O)Cc2cncs2)C1. The quantitative estimate of drug-likeness (QED) is 0.814. The largest absolute Gasteiger partial charge is 0.368 e. The number of ketones is 1. The van der Waals surface area contributed by atoms with Crippen LogP contribution in [0.1, 0.15) is 18.7 Å². The first-order chi connectivity index (χ1) is 8.16. The predicted octanol–water partition coefficient (Wildman–Crippen LogP) is 1.36. The number of carbonyl (C=O) groups excluding carboxylic acids is 1. The number of hydrogen-bond acceptors (Lipinski definition) is 5. The van der Waals surface area contributed by atoms with Gasteiger partial charge in [-0.3, -0.25) is 14.7 Å². The Bertz CT molecular complexity index is 365. The molecule has 1 aliphatic heterocycles. The summed E-state index contributed by atoms with van der Waals surface area (Å²) in [5.41, 5.74) is 1.75. The molecule has 4 nitrogen and oxygen atoms in total. The van der Waals surface area contributed by atoms with E-state index in [9.17, 15) is 4.79 Å². The highest BCUT2D eigenvalue weighted by Crippen LogP contribution is 2.13. The molecule has 0 N–H and O–H groups in total. The van der Waals surface area contributed by atoms with Crippen LogP contribution >= 0.6 is 11.3 Å². The molecule has 1 aliphatic rings. The smallest absolute Gasteiger partial charge is 0.168 e. The third-order valence-corrected chi connectivity index (χ3v) is 3.80. The highest BCUT2D eigenvalue weighted by atomic mass is 32.1. The van der Waals surface area contributed by atoms with Gasteiger partial charge in [-0.15, -0.1) is 11.3 Å². The van der Waals surface area contributed by atoms with Crippen LogP contribution in [0.4, 0.5) is 0 Å². The molecular weight excluding hydrogens is 236 g/mol. The van der Waals surface area contributed by atoms with Crippen molar-refractivity contribution in [3.63, 3.8) is 0 Å². The van der Waals surface area contributed by atoms with Crippen LogP contribution in [0.5, 0.6) is 0 Å². The number of thiazole rings is 1. The molecule has 1 aromatic rings. The van der Waals surface area contributed by atoms with Gasteiger partial charge in [0.1, 0.15) is 6.10 Å². The summed E-state index contributed by atoms with van der Waals surface area (Å²) in [6.07, 6.45) is 1.93. The van der Waals surface area contributed by atoms with E-state index < -0.39 is 0 Å². The number of nitrogens with zero attached hydrogens (tertiary/aromatic N) is 2. The van der Waals surface area contributed by atoms with Crippen LogP contribution in [0.25, 0.3) is 0 Å². The van der Waals surface area contributed by atoms with Crippen molar-refractivity contribution in [3.05, 3.63) is 16.6 Å². The molecule has 0 spiro atoms. The minimum Gasteiger partial charge on any atom is -0.368 e. The van der Waals surface area contributed by atoms with E-state index in [0.29, 0.717) is 19.1 Å². The van der Waals surface area contributed by atoms with E-state index in [0.717, 1.165) is 18.0 Å². The minimum absolute atomic E-state index is 0.166. The van der Waals surface area contributed by atoms with Gasteiger partial charge in [0.25, 0.3) is 0 Å². The molecule has 0 saturated carbocycles. The Kier molecular flexibility index (Phi) is 4.25. The fourth-order valence-corrected chi connectivity index (χ4v) is 2.55. The summed E-state index contributed by atoms with van der Waals surface area (Å²) < 4.78 is 5.56. The zero-order valence-electron chi connectivity index (χ0n) is 10.3. The molecule has 5 heteroatoms. The van der Waals surface area contributed by atoms with Gasteiger partial charge in [-0.2, -0.15) is 0 Å². The maximum absolute atomic E-state index is 12.1. The van der Waals surface area contributed by atoms with Crippen LogP contribution in [0, 0.1) is 0 Å². The fraction of sp³-hybridized carbons (Fsp3) is 0.667. The first-order valence-corrected chi connectivity index (χ1v) is 6.80.